The number of thioether (sulfide) groups is 1. The fourth-order valence-corrected chi connectivity index (χ4v) is 4.18. The van der Waals surface area contributed by atoms with Crippen LogP contribution in [0.5, 0.6) is 0 Å². The van der Waals surface area contributed by atoms with E-state index in [2.05, 4.69) is 20.3 Å². The number of nitrogens with zero attached hydrogens (tertiary/aromatic N) is 2. The molecule has 3 rings (SSSR count). The molecule has 0 saturated carbocycles. The summed E-state index contributed by atoms with van der Waals surface area (Å²) in [6.07, 6.45) is 2.40. The first-order chi connectivity index (χ1) is 12.1. The number of nitrogens with one attached hydrogen (secondary N) is 2. The molecule has 25 heavy (non-hydrogen) atoms. The van der Waals surface area contributed by atoms with E-state index in [1.54, 1.807) is 18.3 Å². The fourth-order valence-electron chi connectivity index (χ4n) is 2.26. The van der Waals surface area contributed by atoms with Gasteiger partial charge >= 0.3 is 0 Å². The van der Waals surface area contributed by atoms with Crippen molar-refractivity contribution in [2.75, 3.05) is 11.6 Å². The minimum atomic E-state index is -0.182. The van der Waals surface area contributed by atoms with Gasteiger partial charge in [0, 0.05) is 23.1 Å². The molecule has 0 saturated heterocycles. The van der Waals surface area contributed by atoms with Gasteiger partial charge in [-0.1, -0.05) is 17.8 Å². The summed E-state index contributed by atoms with van der Waals surface area (Å²) in [6, 6.07) is 3.96. The van der Waals surface area contributed by atoms with Crippen molar-refractivity contribution in [2.24, 2.45) is 0 Å². The molecule has 6 nitrogen and oxygen atoms in total. The lowest BCUT2D eigenvalue weighted by Gasteiger charge is -2.06. The van der Waals surface area contributed by atoms with Crippen molar-refractivity contribution in [3.05, 3.63) is 44.5 Å². The molecule has 0 atom stereocenters. The number of amides is 1. The zero-order chi connectivity index (χ0) is 17.8. The minimum Gasteiger partial charge on any atom is -0.302 e. The van der Waals surface area contributed by atoms with E-state index >= 15 is 0 Å². The molecule has 3 heterocycles. The lowest BCUT2D eigenvalue weighted by Crippen LogP contribution is -2.20. The third kappa shape index (κ3) is 4.36. The molecule has 0 aromatic carbocycles. The average Bonchev–Trinajstić information content (AvgIpc) is 3.25. The van der Waals surface area contributed by atoms with Gasteiger partial charge in [-0.2, -0.15) is 0 Å². The molecule has 130 valence electrons. The van der Waals surface area contributed by atoms with Gasteiger partial charge in [-0.25, -0.2) is 9.97 Å². The number of aromatic amines is 1. The molecule has 0 aliphatic carbocycles. The van der Waals surface area contributed by atoms with Crippen molar-refractivity contribution < 1.29 is 4.79 Å². The van der Waals surface area contributed by atoms with Gasteiger partial charge in [0.1, 0.15) is 0 Å². The zero-order valence-electron chi connectivity index (χ0n) is 13.7. The highest BCUT2D eigenvalue weighted by atomic mass is 32.2. The molecule has 2 N–H and O–H groups in total. The molecule has 0 fully saturated rings. The van der Waals surface area contributed by atoms with E-state index in [0.717, 1.165) is 10.6 Å². The lowest BCUT2D eigenvalue weighted by atomic mass is 10.1. The van der Waals surface area contributed by atoms with E-state index in [-0.39, 0.29) is 17.9 Å². The van der Waals surface area contributed by atoms with Crippen molar-refractivity contribution in [3.8, 4) is 10.6 Å². The van der Waals surface area contributed by atoms with Crippen LogP contribution in [0.25, 0.3) is 10.6 Å². The van der Waals surface area contributed by atoms with E-state index in [4.69, 9.17) is 0 Å². The van der Waals surface area contributed by atoms with E-state index in [1.807, 2.05) is 29.1 Å². The summed E-state index contributed by atoms with van der Waals surface area (Å²) in [5.41, 5.74) is 1.89. The monoisotopic (exact) mass is 392 g/mol. The Bertz CT molecular complexity index is 931. The maximum Gasteiger partial charge on any atom is 0.254 e. The summed E-state index contributed by atoms with van der Waals surface area (Å²) in [4.78, 5) is 36.7. The third-order valence-electron chi connectivity index (χ3n) is 3.52. The number of carbonyl (C=O) groups excluding carboxylic acids is 1. The smallest absolute Gasteiger partial charge is 0.254 e. The zero-order valence-corrected chi connectivity index (χ0v) is 16.1. The van der Waals surface area contributed by atoms with Crippen LogP contribution in [0, 0.1) is 6.92 Å². The molecule has 1 amide bonds. The Morgan fingerprint density at radius 2 is 2.20 bits per heavy atom. The number of hydrogen-bond donors (Lipinski definition) is 2. The van der Waals surface area contributed by atoms with Gasteiger partial charge in [-0.05, 0) is 31.0 Å². The van der Waals surface area contributed by atoms with Gasteiger partial charge in [-0.3, -0.25) is 9.59 Å². The normalized spacial score (nSPS) is 10.8. The predicted molar refractivity (Wildman–Crippen MR) is 104 cm³/mol. The predicted octanol–water partition coefficient (Wildman–Crippen LogP) is 3.56. The number of carbonyl (C=O) groups is 1. The molecule has 3 aromatic rings. The number of anilines is 1. The second-order valence-electron chi connectivity index (χ2n) is 5.20. The quantitative estimate of drug-likeness (QED) is 0.495. The number of hydrogen-bond acceptors (Lipinski definition) is 7. The number of H-pyrrole nitrogens is 1. The Balaban J connectivity index is 1.61. The highest BCUT2D eigenvalue weighted by molar-refractivity contribution is 7.98. The molecule has 0 radical (unpaired) electrons. The topological polar surface area (TPSA) is 87.7 Å². The number of aromatic nitrogens is 3. The Morgan fingerprint density at radius 3 is 2.88 bits per heavy atom. The standard InChI is InChI=1S/C16H16N4O2S3/c1-9-10(14(22)20-15(17-9)23-2)5-6-13(21)19-16-18-11(8-25-16)12-4-3-7-24-12/h3-4,7-8H,5-6H2,1-2H3,(H,17,20,22)(H,18,19,21). The number of aryl methyl sites for hydroxylation is 1. The average molecular weight is 393 g/mol. The third-order valence-corrected chi connectivity index (χ3v) is 5.75. The highest BCUT2D eigenvalue weighted by Crippen LogP contribution is 2.28. The SMILES string of the molecule is CSc1nc(C)c(CCC(=O)Nc2nc(-c3cccs3)cs2)c(=O)[nH]1. The van der Waals surface area contributed by atoms with Gasteiger partial charge < -0.3 is 10.3 Å². The van der Waals surface area contributed by atoms with Crippen LogP contribution in [0.15, 0.2) is 32.8 Å². The van der Waals surface area contributed by atoms with Crippen molar-refractivity contribution in [1.82, 2.24) is 15.0 Å². The molecule has 3 aromatic heterocycles. The van der Waals surface area contributed by atoms with Gasteiger partial charge in [-0.15, -0.1) is 22.7 Å². The number of rotatable bonds is 6. The molecular weight excluding hydrogens is 376 g/mol. The summed E-state index contributed by atoms with van der Waals surface area (Å²) in [6.45, 7) is 1.79. The second-order valence-corrected chi connectivity index (χ2v) is 7.80. The van der Waals surface area contributed by atoms with E-state index in [0.29, 0.717) is 28.0 Å². The van der Waals surface area contributed by atoms with Crippen LogP contribution in [-0.4, -0.2) is 27.1 Å². The Morgan fingerprint density at radius 1 is 1.36 bits per heavy atom. The van der Waals surface area contributed by atoms with Crippen LogP contribution < -0.4 is 10.9 Å². The minimum absolute atomic E-state index is 0.167. The summed E-state index contributed by atoms with van der Waals surface area (Å²) in [5.74, 6) is -0.167. The Kier molecular flexibility index (Phi) is 5.67. The van der Waals surface area contributed by atoms with Crippen LogP contribution in [0.4, 0.5) is 5.13 Å². The summed E-state index contributed by atoms with van der Waals surface area (Å²) in [7, 11) is 0. The largest absolute Gasteiger partial charge is 0.302 e. The molecular formula is C16H16N4O2S3. The van der Waals surface area contributed by atoms with Crippen molar-refractivity contribution in [2.45, 2.75) is 24.9 Å². The first-order valence-corrected chi connectivity index (χ1v) is 10.5. The Hall–Kier alpha value is -1.97. The van der Waals surface area contributed by atoms with Gasteiger partial charge in [0.2, 0.25) is 5.91 Å². The molecule has 0 aliphatic rings. The van der Waals surface area contributed by atoms with Crippen molar-refractivity contribution in [3.63, 3.8) is 0 Å². The van der Waals surface area contributed by atoms with E-state index in [1.165, 1.54) is 23.1 Å². The molecule has 9 heteroatoms. The summed E-state index contributed by atoms with van der Waals surface area (Å²) >= 11 is 4.38. The highest BCUT2D eigenvalue weighted by Gasteiger charge is 2.12. The van der Waals surface area contributed by atoms with Crippen molar-refractivity contribution >= 4 is 45.5 Å². The Labute approximate surface area is 156 Å². The van der Waals surface area contributed by atoms with Crippen LogP contribution in [0.2, 0.25) is 0 Å². The number of thiazole rings is 1. The van der Waals surface area contributed by atoms with Gasteiger partial charge in [0.15, 0.2) is 10.3 Å². The van der Waals surface area contributed by atoms with Gasteiger partial charge in [0.25, 0.3) is 5.56 Å². The maximum atomic E-state index is 12.1. The van der Waals surface area contributed by atoms with E-state index in [9.17, 15) is 9.59 Å². The second kappa shape index (κ2) is 7.94. The molecule has 0 unspecified atom stereocenters. The fraction of sp³-hybridized carbons (Fsp3) is 0.250. The first-order valence-electron chi connectivity index (χ1n) is 7.50. The van der Waals surface area contributed by atoms with Crippen molar-refractivity contribution in [1.29, 1.82) is 0 Å². The van der Waals surface area contributed by atoms with Crippen LogP contribution in [0.3, 0.4) is 0 Å². The van der Waals surface area contributed by atoms with Crippen LogP contribution in [0.1, 0.15) is 17.7 Å². The molecule has 0 aliphatic heterocycles. The van der Waals surface area contributed by atoms with Crippen LogP contribution in [-0.2, 0) is 11.2 Å². The van der Waals surface area contributed by atoms with Gasteiger partial charge in [0.05, 0.1) is 10.6 Å². The van der Waals surface area contributed by atoms with E-state index < -0.39 is 0 Å². The summed E-state index contributed by atoms with van der Waals surface area (Å²) in [5, 5.41) is 7.85. The first kappa shape index (κ1) is 17.8. The number of thiophene rings is 1. The summed E-state index contributed by atoms with van der Waals surface area (Å²) < 4.78 is 0. The maximum absolute atomic E-state index is 12.1. The van der Waals surface area contributed by atoms with Crippen LogP contribution >= 0.6 is 34.4 Å². The lowest BCUT2D eigenvalue weighted by molar-refractivity contribution is -0.116. The molecule has 0 bridgehead atoms. The molecule has 0 spiro atoms.